The molecule has 1 heterocycles. The van der Waals surface area contributed by atoms with Crippen LogP contribution in [0.4, 0.5) is 0 Å². The van der Waals surface area contributed by atoms with Gasteiger partial charge in [-0.3, -0.25) is 0 Å². The molecule has 0 amide bonds. The lowest BCUT2D eigenvalue weighted by atomic mass is 10.2. The molecular weight excluding hydrogens is 238 g/mol. The molecule has 0 bridgehead atoms. The number of rotatable bonds is 5. The van der Waals surface area contributed by atoms with Crippen molar-refractivity contribution in [2.45, 2.75) is 13.1 Å². The molecule has 2 aromatic rings. The molecule has 17 heavy (non-hydrogen) atoms. The van der Waals surface area contributed by atoms with E-state index in [1.165, 1.54) is 0 Å². The average Bonchev–Trinajstić information content (AvgIpc) is 2.82. The molecule has 1 aromatic heterocycles. The zero-order valence-corrected chi connectivity index (χ0v) is 10.3. The molecule has 2 N–H and O–H groups in total. The SMILES string of the molecule is COc1ccc(CNCc2cnc[nH]2)cc1Cl. The minimum absolute atomic E-state index is 0.633. The Labute approximate surface area is 105 Å². The highest BCUT2D eigenvalue weighted by molar-refractivity contribution is 6.32. The number of halogens is 1. The summed E-state index contributed by atoms with van der Waals surface area (Å²) in [7, 11) is 1.61. The Hall–Kier alpha value is -1.52. The third-order valence-electron chi connectivity index (χ3n) is 2.42. The maximum absolute atomic E-state index is 6.04. The number of hydrogen-bond acceptors (Lipinski definition) is 3. The Morgan fingerprint density at radius 2 is 2.29 bits per heavy atom. The van der Waals surface area contributed by atoms with E-state index in [0.29, 0.717) is 10.8 Å². The first-order valence-electron chi connectivity index (χ1n) is 5.30. The highest BCUT2D eigenvalue weighted by Gasteiger charge is 2.01. The molecule has 0 aliphatic carbocycles. The minimum Gasteiger partial charge on any atom is -0.495 e. The predicted molar refractivity (Wildman–Crippen MR) is 67.1 cm³/mol. The van der Waals surface area contributed by atoms with Gasteiger partial charge in [-0.1, -0.05) is 17.7 Å². The Morgan fingerprint density at radius 3 is 2.94 bits per heavy atom. The maximum atomic E-state index is 6.04. The Kier molecular flexibility index (Phi) is 4.01. The molecule has 0 aliphatic rings. The van der Waals surface area contributed by atoms with Gasteiger partial charge in [-0.15, -0.1) is 0 Å². The number of aromatic nitrogens is 2. The van der Waals surface area contributed by atoms with Gasteiger partial charge in [0.1, 0.15) is 5.75 Å². The number of nitrogens with one attached hydrogen (secondary N) is 2. The molecule has 1 aromatic carbocycles. The van der Waals surface area contributed by atoms with Crippen molar-refractivity contribution in [3.63, 3.8) is 0 Å². The molecule has 5 heteroatoms. The molecule has 0 fully saturated rings. The first-order chi connectivity index (χ1) is 8.29. The van der Waals surface area contributed by atoms with E-state index < -0.39 is 0 Å². The van der Waals surface area contributed by atoms with Crippen LogP contribution < -0.4 is 10.1 Å². The quantitative estimate of drug-likeness (QED) is 0.858. The normalized spacial score (nSPS) is 10.5. The Morgan fingerprint density at radius 1 is 1.41 bits per heavy atom. The van der Waals surface area contributed by atoms with Gasteiger partial charge in [-0.05, 0) is 17.7 Å². The van der Waals surface area contributed by atoms with Gasteiger partial charge in [-0.25, -0.2) is 4.98 Å². The molecule has 0 saturated heterocycles. The number of benzene rings is 1. The van der Waals surface area contributed by atoms with Crippen molar-refractivity contribution >= 4 is 11.6 Å². The van der Waals surface area contributed by atoms with Crippen LogP contribution in [-0.4, -0.2) is 17.1 Å². The van der Waals surface area contributed by atoms with Crippen LogP contribution in [0.2, 0.25) is 5.02 Å². The van der Waals surface area contributed by atoms with Crippen LogP contribution in [0, 0.1) is 0 Å². The molecular formula is C12H14ClN3O. The maximum Gasteiger partial charge on any atom is 0.137 e. The molecule has 90 valence electrons. The van der Waals surface area contributed by atoms with E-state index in [-0.39, 0.29) is 0 Å². The van der Waals surface area contributed by atoms with E-state index in [1.807, 2.05) is 18.2 Å². The second-order valence-electron chi connectivity index (χ2n) is 3.65. The van der Waals surface area contributed by atoms with Gasteiger partial charge >= 0.3 is 0 Å². The number of methoxy groups -OCH3 is 1. The summed E-state index contributed by atoms with van der Waals surface area (Å²) in [6, 6.07) is 5.76. The first-order valence-corrected chi connectivity index (χ1v) is 5.68. The zero-order valence-electron chi connectivity index (χ0n) is 9.53. The van der Waals surface area contributed by atoms with E-state index in [4.69, 9.17) is 16.3 Å². The molecule has 2 rings (SSSR count). The monoisotopic (exact) mass is 251 g/mol. The van der Waals surface area contributed by atoms with Gasteiger partial charge in [-0.2, -0.15) is 0 Å². The molecule has 0 aliphatic heterocycles. The first kappa shape index (κ1) is 12.0. The van der Waals surface area contributed by atoms with Crippen molar-refractivity contribution < 1.29 is 4.74 Å². The molecule has 4 nitrogen and oxygen atoms in total. The van der Waals surface area contributed by atoms with Crippen LogP contribution >= 0.6 is 11.6 Å². The molecule has 0 saturated carbocycles. The summed E-state index contributed by atoms with van der Waals surface area (Å²) < 4.78 is 5.10. The lowest BCUT2D eigenvalue weighted by Gasteiger charge is -2.07. The van der Waals surface area contributed by atoms with Crippen LogP contribution in [0.1, 0.15) is 11.3 Å². The second kappa shape index (κ2) is 5.70. The van der Waals surface area contributed by atoms with Crippen LogP contribution in [0.25, 0.3) is 0 Å². The van der Waals surface area contributed by atoms with Crippen molar-refractivity contribution in [1.29, 1.82) is 0 Å². The predicted octanol–water partition coefficient (Wildman–Crippen LogP) is 2.36. The van der Waals surface area contributed by atoms with E-state index in [1.54, 1.807) is 19.6 Å². The number of nitrogens with zero attached hydrogens (tertiary/aromatic N) is 1. The van der Waals surface area contributed by atoms with Crippen molar-refractivity contribution in [1.82, 2.24) is 15.3 Å². The van der Waals surface area contributed by atoms with Crippen LogP contribution in [0.5, 0.6) is 5.75 Å². The van der Waals surface area contributed by atoms with Crippen molar-refractivity contribution in [3.05, 3.63) is 47.0 Å². The molecule has 0 unspecified atom stereocenters. The molecule has 0 spiro atoms. The fraction of sp³-hybridized carbons (Fsp3) is 0.250. The van der Waals surface area contributed by atoms with Gasteiger partial charge in [0.2, 0.25) is 0 Å². The fourth-order valence-corrected chi connectivity index (χ4v) is 1.82. The summed E-state index contributed by atoms with van der Waals surface area (Å²) in [5.41, 5.74) is 2.18. The highest BCUT2D eigenvalue weighted by atomic mass is 35.5. The van der Waals surface area contributed by atoms with Crippen LogP contribution in [0.3, 0.4) is 0 Å². The summed E-state index contributed by atoms with van der Waals surface area (Å²) in [5, 5.41) is 3.93. The summed E-state index contributed by atoms with van der Waals surface area (Å²) in [4.78, 5) is 6.98. The topological polar surface area (TPSA) is 49.9 Å². The summed E-state index contributed by atoms with van der Waals surface area (Å²) in [6.07, 6.45) is 3.47. The smallest absolute Gasteiger partial charge is 0.137 e. The third kappa shape index (κ3) is 3.22. The third-order valence-corrected chi connectivity index (χ3v) is 2.71. The minimum atomic E-state index is 0.633. The number of imidazole rings is 1. The van der Waals surface area contributed by atoms with E-state index in [2.05, 4.69) is 15.3 Å². The summed E-state index contributed by atoms with van der Waals surface area (Å²) in [6.45, 7) is 1.51. The standard InChI is InChI=1S/C12H14ClN3O/c1-17-12-3-2-9(4-11(12)13)5-14-6-10-7-15-8-16-10/h2-4,7-8,14H,5-6H2,1H3,(H,15,16). The number of hydrogen-bond donors (Lipinski definition) is 2. The summed E-state index contributed by atoms with van der Waals surface area (Å²) in [5.74, 6) is 0.698. The number of ether oxygens (including phenoxy) is 1. The van der Waals surface area contributed by atoms with Crippen LogP contribution in [0.15, 0.2) is 30.7 Å². The largest absolute Gasteiger partial charge is 0.495 e. The van der Waals surface area contributed by atoms with E-state index in [0.717, 1.165) is 24.3 Å². The van der Waals surface area contributed by atoms with Gasteiger partial charge in [0.15, 0.2) is 0 Å². The molecule has 0 radical (unpaired) electrons. The number of H-pyrrole nitrogens is 1. The molecule has 0 atom stereocenters. The average molecular weight is 252 g/mol. The van der Waals surface area contributed by atoms with Crippen molar-refractivity contribution in [2.24, 2.45) is 0 Å². The highest BCUT2D eigenvalue weighted by Crippen LogP contribution is 2.24. The van der Waals surface area contributed by atoms with Gasteiger partial charge in [0, 0.05) is 25.0 Å². The van der Waals surface area contributed by atoms with Gasteiger partial charge in [0.25, 0.3) is 0 Å². The van der Waals surface area contributed by atoms with E-state index in [9.17, 15) is 0 Å². The van der Waals surface area contributed by atoms with Crippen LogP contribution in [-0.2, 0) is 13.1 Å². The summed E-state index contributed by atoms with van der Waals surface area (Å²) >= 11 is 6.04. The van der Waals surface area contributed by atoms with Gasteiger partial charge in [0.05, 0.1) is 18.5 Å². The van der Waals surface area contributed by atoms with Gasteiger partial charge < -0.3 is 15.0 Å². The number of aromatic amines is 1. The lowest BCUT2D eigenvalue weighted by Crippen LogP contribution is -2.12. The lowest BCUT2D eigenvalue weighted by molar-refractivity contribution is 0.415. The fourth-order valence-electron chi connectivity index (χ4n) is 1.54. The van der Waals surface area contributed by atoms with Crippen molar-refractivity contribution in [2.75, 3.05) is 7.11 Å². The van der Waals surface area contributed by atoms with E-state index >= 15 is 0 Å². The zero-order chi connectivity index (χ0) is 12.1. The Balaban J connectivity index is 1.89. The Bertz CT molecular complexity index is 471. The van der Waals surface area contributed by atoms with Crippen molar-refractivity contribution in [3.8, 4) is 5.75 Å². The second-order valence-corrected chi connectivity index (χ2v) is 4.06.